The van der Waals surface area contributed by atoms with Crippen LogP contribution in [-0.4, -0.2) is 55.3 Å². The number of carbonyl (C=O) groups is 2. The molecule has 0 bridgehead atoms. The van der Waals surface area contributed by atoms with Crippen molar-refractivity contribution < 1.29 is 14.3 Å². The molecule has 1 saturated heterocycles. The Labute approximate surface area is 159 Å². The fraction of sp³-hybridized carbons (Fsp3) is 0.600. The van der Waals surface area contributed by atoms with Crippen LogP contribution in [0.2, 0.25) is 0 Å². The number of hydrogen-bond donors (Lipinski definition) is 1. The van der Waals surface area contributed by atoms with Crippen molar-refractivity contribution in [3.8, 4) is 0 Å². The predicted molar refractivity (Wildman–Crippen MR) is 103 cm³/mol. The monoisotopic (exact) mass is 376 g/mol. The van der Waals surface area contributed by atoms with Gasteiger partial charge in [-0.25, -0.2) is 0 Å². The molecule has 0 spiro atoms. The van der Waals surface area contributed by atoms with Gasteiger partial charge in [-0.05, 0) is 30.9 Å². The molecule has 1 aromatic rings. The molecule has 0 radical (unpaired) electrons. The molecule has 0 aromatic heterocycles. The highest BCUT2D eigenvalue weighted by Gasteiger charge is 2.21. The summed E-state index contributed by atoms with van der Waals surface area (Å²) in [6, 6.07) is 7.56. The third-order valence-electron chi connectivity index (χ3n) is 5.09. The molecule has 1 heterocycles. The molecule has 2 aliphatic rings. The van der Waals surface area contributed by atoms with Crippen molar-refractivity contribution in [2.75, 3.05) is 38.6 Å². The second-order valence-electron chi connectivity index (χ2n) is 7.00. The van der Waals surface area contributed by atoms with E-state index < -0.39 is 0 Å². The molecular formula is C20H28N2O3S. The minimum absolute atomic E-state index is 0.0269. The molecule has 1 aromatic carbocycles. The number of nitrogens with one attached hydrogen (secondary N) is 1. The smallest absolute Gasteiger partial charge is 0.255 e. The number of ether oxygens (including phenoxy) is 1. The van der Waals surface area contributed by atoms with E-state index in [0.29, 0.717) is 43.5 Å². The Morgan fingerprint density at radius 3 is 2.62 bits per heavy atom. The molecular weight excluding hydrogens is 348 g/mol. The van der Waals surface area contributed by atoms with Gasteiger partial charge in [0.1, 0.15) is 0 Å². The highest BCUT2D eigenvalue weighted by Crippen LogP contribution is 2.25. The van der Waals surface area contributed by atoms with Gasteiger partial charge in [0.15, 0.2) is 0 Å². The second kappa shape index (κ2) is 9.97. The lowest BCUT2D eigenvalue weighted by Gasteiger charge is -2.27. The van der Waals surface area contributed by atoms with Gasteiger partial charge in [-0.3, -0.25) is 9.59 Å². The molecule has 2 fully saturated rings. The van der Waals surface area contributed by atoms with E-state index in [2.05, 4.69) is 5.32 Å². The summed E-state index contributed by atoms with van der Waals surface area (Å²) >= 11 is 1.44. The van der Waals surface area contributed by atoms with Crippen LogP contribution in [0.25, 0.3) is 0 Å². The molecule has 6 heteroatoms. The Kier molecular flexibility index (Phi) is 7.38. The first-order valence-electron chi connectivity index (χ1n) is 9.59. The third-order valence-corrected chi connectivity index (χ3v) is 6.16. The second-order valence-corrected chi connectivity index (χ2v) is 8.01. The molecule has 2 amide bonds. The zero-order valence-electron chi connectivity index (χ0n) is 15.2. The Bertz CT molecular complexity index is 611. The van der Waals surface area contributed by atoms with Crippen LogP contribution in [0, 0.1) is 5.92 Å². The first kappa shape index (κ1) is 19.2. The molecule has 1 aliphatic carbocycles. The summed E-state index contributed by atoms with van der Waals surface area (Å²) in [5.41, 5.74) is 0.680. The lowest BCUT2D eigenvalue weighted by Crippen LogP contribution is -2.40. The van der Waals surface area contributed by atoms with Gasteiger partial charge in [-0.1, -0.05) is 31.4 Å². The van der Waals surface area contributed by atoms with Gasteiger partial charge in [0.05, 0.1) is 24.5 Å². The number of benzene rings is 1. The third kappa shape index (κ3) is 5.48. The van der Waals surface area contributed by atoms with Crippen LogP contribution in [0.15, 0.2) is 29.2 Å². The average Bonchev–Trinajstić information content (AvgIpc) is 2.72. The molecule has 1 aliphatic heterocycles. The first-order chi connectivity index (χ1) is 12.7. The van der Waals surface area contributed by atoms with E-state index in [1.54, 1.807) is 0 Å². The van der Waals surface area contributed by atoms with Crippen LogP contribution in [0.1, 0.15) is 42.5 Å². The fourth-order valence-corrected chi connectivity index (χ4v) is 4.42. The van der Waals surface area contributed by atoms with Gasteiger partial charge < -0.3 is 15.0 Å². The minimum Gasteiger partial charge on any atom is -0.378 e. The zero-order valence-corrected chi connectivity index (χ0v) is 16.1. The van der Waals surface area contributed by atoms with Crippen molar-refractivity contribution in [1.29, 1.82) is 0 Å². The maximum Gasteiger partial charge on any atom is 0.255 e. The molecule has 1 saturated carbocycles. The summed E-state index contributed by atoms with van der Waals surface area (Å²) in [5.74, 6) is 1.06. The number of morpholine rings is 1. The number of hydrogen-bond acceptors (Lipinski definition) is 4. The van der Waals surface area contributed by atoms with Crippen molar-refractivity contribution in [3.63, 3.8) is 0 Å². The van der Waals surface area contributed by atoms with E-state index >= 15 is 0 Å². The molecule has 5 nitrogen and oxygen atoms in total. The van der Waals surface area contributed by atoms with Crippen molar-refractivity contribution >= 4 is 23.6 Å². The van der Waals surface area contributed by atoms with Crippen molar-refractivity contribution in [2.24, 2.45) is 5.92 Å². The number of amides is 2. The summed E-state index contributed by atoms with van der Waals surface area (Å²) in [6.45, 7) is 3.21. The van der Waals surface area contributed by atoms with Gasteiger partial charge in [0.25, 0.3) is 5.91 Å². The number of carbonyl (C=O) groups excluding carboxylic acids is 2. The average molecular weight is 377 g/mol. The van der Waals surface area contributed by atoms with E-state index in [1.165, 1.54) is 43.9 Å². The summed E-state index contributed by atoms with van der Waals surface area (Å²) in [7, 11) is 0. The van der Waals surface area contributed by atoms with Gasteiger partial charge >= 0.3 is 0 Å². The van der Waals surface area contributed by atoms with Gasteiger partial charge in [0, 0.05) is 24.5 Å². The standard InChI is InChI=1S/C20H28N2O3S/c23-19(21-14-16-6-2-1-3-7-16)15-26-18-9-5-4-8-17(18)20(24)22-10-12-25-13-11-22/h4-5,8-9,16H,1-3,6-7,10-15H2,(H,21,23). The number of nitrogens with zero attached hydrogens (tertiary/aromatic N) is 1. The van der Waals surface area contributed by atoms with Crippen LogP contribution in [-0.2, 0) is 9.53 Å². The Hall–Kier alpha value is -1.53. The SMILES string of the molecule is O=C(CSc1ccccc1C(=O)N1CCOCC1)NCC1CCCCC1. The van der Waals surface area contributed by atoms with E-state index in [0.717, 1.165) is 11.4 Å². The highest BCUT2D eigenvalue weighted by molar-refractivity contribution is 8.00. The fourth-order valence-electron chi connectivity index (χ4n) is 3.55. The van der Waals surface area contributed by atoms with Crippen LogP contribution < -0.4 is 5.32 Å². The van der Waals surface area contributed by atoms with Crippen LogP contribution >= 0.6 is 11.8 Å². The summed E-state index contributed by atoms with van der Waals surface area (Å²) in [4.78, 5) is 27.6. The van der Waals surface area contributed by atoms with Crippen LogP contribution in [0.3, 0.4) is 0 Å². The molecule has 0 unspecified atom stereocenters. The maximum absolute atomic E-state index is 12.8. The maximum atomic E-state index is 12.8. The molecule has 26 heavy (non-hydrogen) atoms. The first-order valence-corrected chi connectivity index (χ1v) is 10.6. The molecule has 3 rings (SSSR count). The van der Waals surface area contributed by atoms with Gasteiger partial charge in [0.2, 0.25) is 5.91 Å². The lowest BCUT2D eigenvalue weighted by atomic mass is 9.89. The number of rotatable bonds is 6. The predicted octanol–water partition coefficient (Wildman–Crippen LogP) is 2.95. The highest BCUT2D eigenvalue weighted by atomic mass is 32.2. The topological polar surface area (TPSA) is 58.6 Å². The molecule has 0 atom stereocenters. The van der Waals surface area contributed by atoms with Gasteiger partial charge in [-0.2, -0.15) is 0 Å². The Balaban J connectivity index is 1.51. The van der Waals surface area contributed by atoms with E-state index in [9.17, 15) is 9.59 Å². The van der Waals surface area contributed by atoms with Gasteiger partial charge in [-0.15, -0.1) is 11.8 Å². The lowest BCUT2D eigenvalue weighted by molar-refractivity contribution is -0.118. The molecule has 1 N–H and O–H groups in total. The summed E-state index contributed by atoms with van der Waals surface area (Å²) in [6.07, 6.45) is 6.35. The van der Waals surface area contributed by atoms with E-state index in [4.69, 9.17) is 4.74 Å². The Morgan fingerprint density at radius 2 is 1.85 bits per heavy atom. The van der Waals surface area contributed by atoms with Crippen LogP contribution in [0.5, 0.6) is 0 Å². The van der Waals surface area contributed by atoms with Crippen molar-refractivity contribution in [2.45, 2.75) is 37.0 Å². The zero-order chi connectivity index (χ0) is 18.2. The minimum atomic E-state index is 0.0269. The van der Waals surface area contributed by atoms with Crippen LogP contribution in [0.4, 0.5) is 0 Å². The normalized spacial score (nSPS) is 18.5. The summed E-state index contributed by atoms with van der Waals surface area (Å²) in [5, 5.41) is 3.06. The Morgan fingerprint density at radius 1 is 1.12 bits per heavy atom. The molecule has 142 valence electrons. The summed E-state index contributed by atoms with van der Waals surface area (Å²) < 4.78 is 5.32. The van der Waals surface area contributed by atoms with Crippen molar-refractivity contribution in [3.05, 3.63) is 29.8 Å². The van der Waals surface area contributed by atoms with Crippen molar-refractivity contribution in [1.82, 2.24) is 10.2 Å². The largest absolute Gasteiger partial charge is 0.378 e. The number of thioether (sulfide) groups is 1. The van der Waals surface area contributed by atoms with E-state index in [1.807, 2.05) is 29.2 Å². The quantitative estimate of drug-likeness (QED) is 0.776. The van der Waals surface area contributed by atoms with E-state index in [-0.39, 0.29) is 11.8 Å².